The molecule has 0 radical (unpaired) electrons. The number of aromatic nitrogens is 3. The predicted molar refractivity (Wildman–Crippen MR) is 136 cm³/mol. The van der Waals surface area contributed by atoms with Gasteiger partial charge in [-0.3, -0.25) is 4.79 Å². The Balaban J connectivity index is 1.18. The maximum Gasteiger partial charge on any atom is 0.224 e. The van der Waals surface area contributed by atoms with Crippen molar-refractivity contribution in [2.75, 3.05) is 5.32 Å². The van der Waals surface area contributed by atoms with Crippen LogP contribution < -0.4 is 5.32 Å². The minimum atomic E-state index is 0.0817. The van der Waals surface area contributed by atoms with Gasteiger partial charge in [0.2, 0.25) is 5.91 Å². The molecule has 1 amide bonds. The Bertz CT molecular complexity index is 1180. The minimum absolute atomic E-state index is 0.0817. The second kappa shape index (κ2) is 8.67. The molecule has 7 rings (SSSR count). The van der Waals surface area contributed by atoms with Crippen molar-refractivity contribution in [1.29, 1.82) is 0 Å². The van der Waals surface area contributed by atoms with Gasteiger partial charge >= 0.3 is 0 Å². The summed E-state index contributed by atoms with van der Waals surface area (Å²) in [6.07, 6.45) is 11.9. The Morgan fingerprint density at radius 3 is 2.26 bits per heavy atom. The number of amides is 1. The first-order valence-corrected chi connectivity index (χ1v) is 13.3. The third-order valence-corrected chi connectivity index (χ3v) is 8.74. The van der Waals surface area contributed by atoms with E-state index in [-0.39, 0.29) is 11.3 Å². The van der Waals surface area contributed by atoms with Gasteiger partial charge in [0.25, 0.3) is 0 Å². The van der Waals surface area contributed by atoms with Gasteiger partial charge in [0.1, 0.15) is 11.0 Å². The van der Waals surface area contributed by atoms with E-state index in [0.717, 1.165) is 40.9 Å². The summed E-state index contributed by atoms with van der Waals surface area (Å²) in [6, 6.07) is 12.0. The Morgan fingerprint density at radius 1 is 1.03 bits per heavy atom. The number of unbranched alkanes of at least 4 members (excludes halogenated alkanes) is 1. The zero-order valence-corrected chi connectivity index (χ0v) is 20.7. The lowest BCUT2D eigenvalue weighted by molar-refractivity contribution is -0.124. The van der Waals surface area contributed by atoms with E-state index in [4.69, 9.17) is 11.6 Å². The normalized spacial score (nSPS) is 27.4. The Labute approximate surface area is 206 Å². The van der Waals surface area contributed by atoms with E-state index in [1.54, 1.807) is 10.9 Å². The maximum absolute atomic E-state index is 13.1. The molecule has 1 aromatic heterocycles. The molecule has 1 heterocycles. The van der Waals surface area contributed by atoms with Crippen LogP contribution in [0.3, 0.4) is 0 Å². The number of carbonyl (C=O) groups excluding carboxylic acids is 1. The molecule has 0 atom stereocenters. The summed E-state index contributed by atoms with van der Waals surface area (Å²) in [5.74, 6) is 2.61. The van der Waals surface area contributed by atoms with E-state index in [9.17, 15) is 4.79 Å². The molecule has 5 nitrogen and oxygen atoms in total. The second-order valence-corrected chi connectivity index (χ2v) is 11.6. The maximum atomic E-state index is 13.1. The minimum Gasteiger partial charge on any atom is -0.325 e. The third-order valence-electron chi connectivity index (χ3n) is 8.43. The lowest BCUT2D eigenvalue weighted by Gasteiger charge is -2.56. The molecule has 0 unspecified atom stereocenters. The van der Waals surface area contributed by atoms with Crippen LogP contribution in [-0.2, 0) is 11.2 Å². The number of benzene rings is 2. The van der Waals surface area contributed by atoms with Gasteiger partial charge in [0, 0.05) is 6.42 Å². The molecule has 0 spiro atoms. The first-order valence-electron chi connectivity index (χ1n) is 12.9. The van der Waals surface area contributed by atoms with Gasteiger partial charge in [0.05, 0.1) is 16.4 Å². The molecule has 4 bridgehead atoms. The van der Waals surface area contributed by atoms with Crippen LogP contribution in [-0.4, -0.2) is 20.9 Å². The van der Waals surface area contributed by atoms with Gasteiger partial charge < -0.3 is 5.32 Å². The zero-order chi connectivity index (χ0) is 23.3. The van der Waals surface area contributed by atoms with Crippen molar-refractivity contribution >= 4 is 34.2 Å². The number of anilines is 1. The zero-order valence-electron chi connectivity index (χ0n) is 19.9. The summed E-state index contributed by atoms with van der Waals surface area (Å²) >= 11 is 6.56. The molecule has 3 aromatic rings. The number of carbonyl (C=O) groups is 1. The molecule has 0 aliphatic heterocycles. The summed E-state index contributed by atoms with van der Waals surface area (Å²) in [4.78, 5) is 14.8. The topological polar surface area (TPSA) is 59.8 Å². The van der Waals surface area contributed by atoms with Gasteiger partial charge in [-0.15, -0.1) is 10.2 Å². The van der Waals surface area contributed by atoms with Crippen LogP contribution in [0.4, 0.5) is 5.69 Å². The van der Waals surface area contributed by atoms with Crippen molar-refractivity contribution in [3.05, 3.63) is 47.0 Å². The number of fused-ring (bicyclic) bond motifs is 1. The molecule has 0 saturated heterocycles. The van der Waals surface area contributed by atoms with Crippen molar-refractivity contribution in [3.8, 4) is 5.69 Å². The lowest BCUT2D eigenvalue weighted by Crippen LogP contribution is -2.47. The highest BCUT2D eigenvalue weighted by molar-refractivity contribution is 6.34. The van der Waals surface area contributed by atoms with Crippen molar-refractivity contribution in [1.82, 2.24) is 15.0 Å². The molecule has 4 aliphatic rings. The number of nitrogens with zero attached hydrogens (tertiary/aromatic N) is 3. The molecule has 4 saturated carbocycles. The fourth-order valence-electron chi connectivity index (χ4n) is 7.37. The monoisotopic (exact) mass is 476 g/mol. The van der Waals surface area contributed by atoms with E-state index in [1.165, 1.54) is 56.9 Å². The number of aryl methyl sites for hydroxylation is 1. The highest BCUT2D eigenvalue weighted by Crippen LogP contribution is 2.61. The lowest BCUT2D eigenvalue weighted by atomic mass is 9.49. The van der Waals surface area contributed by atoms with Crippen LogP contribution in [0, 0.1) is 23.2 Å². The Morgan fingerprint density at radius 2 is 1.65 bits per heavy atom. The Kier molecular flexibility index (Phi) is 5.63. The quantitative estimate of drug-likeness (QED) is 0.401. The van der Waals surface area contributed by atoms with Gasteiger partial charge in [-0.05, 0) is 104 Å². The first-order chi connectivity index (χ1) is 16.5. The highest BCUT2D eigenvalue weighted by Gasteiger charge is 2.51. The molecule has 4 fully saturated rings. The summed E-state index contributed by atoms with van der Waals surface area (Å²) in [5.41, 5.74) is 4.53. The van der Waals surface area contributed by atoms with E-state index in [1.807, 2.05) is 6.07 Å². The Hall–Kier alpha value is -2.40. The van der Waals surface area contributed by atoms with Crippen molar-refractivity contribution in [3.63, 3.8) is 0 Å². The van der Waals surface area contributed by atoms with Crippen LogP contribution in [0.25, 0.3) is 16.7 Å². The number of halogens is 1. The summed E-state index contributed by atoms with van der Waals surface area (Å²) in [7, 11) is 0. The van der Waals surface area contributed by atoms with E-state index in [2.05, 4.69) is 46.7 Å². The average Bonchev–Trinajstić information content (AvgIpc) is 3.19. The number of nitrogens with one attached hydrogen (secondary N) is 1. The standard InChI is InChI=1S/C28H33ClN4O/c1-2-3-4-18-5-7-22(8-6-18)33-31-25-12-23(29)24(13-26(25)32-33)30-27(34)17-28-14-19-9-20(15-28)11-21(10-19)16-28/h5-8,12-13,19-21H,2-4,9-11,14-17H2,1H3,(H,30,34). The van der Waals surface area contributed by atoms with E-state index in [0.29, 0.717) is 17.1 Å². The van der Waals surface area contributed by atoms with E-state index < -0.39 is 0 Å². The van der Waals surface area contributed by atoms with Gasteiger partial charge in [-0.2, -0.15) is 4.80 Å². The largest absolute Gasteiger partial charge is 0.325 e. The molecule has 34 heavy (non-hydrogen) atoms. The molecular formula is C28H33ClN4O. The highest BCUT2D eigenvalue weighted by atomic mass is 35.5. The second-order valence-electron chi connectivity index (χ2n) is 11.2. The van der Waals surface area contributed by atoms with Gasteiger partial charge in [-0.25, -0.2) is 0 Å². The first kappa shape index (κ1) is 22.1. The van der Waals surface area contributed by atoms with E-state index >= 15 is 0 Å². The molecular weight excluding hydrogens is 444 g/mol. The SMILES string of the molecule is CCCCc1ccc(-n2nc3cc(Cl)c(NC(=O)CC45CC6CC(CC(C6)C4)C5)cc3n2)cc1. The van der Waals surface area contributed by atoms with Crippen LogP contribution in [0.2, 0.25) is 5.02 Å². The molecule has 2 aromatic carbocycles. The smallest absolute Gasteiger partial charge is 0.224 e. The summed E-state index contributed by atoms with van der Waals surface area (Å²) in [5, 5.41) is 12.9. The van der Waals surface area contributed by atoms with Gasteiger partial charge in [-0.1, -0.05) is 37.1 Å². The molecule has 1 N–H and O–H groups in total. The van der Waals surface area contributed by atoms with Gasteiger partial charge in [0.15, 0.2) is 0 Å². The average molecular weight is 477 g/mol. The van der Waals surface area contributed by atoms with Crippen LogP contribution >= 0.6 is 11.6 Å². The van der Waals surface area contributed by atoms with Crippen molar-refractivity contribution < 1.29 is 4.79 Å². The predicted octanol–water partition coefficient (Wildman–Crippen LogP) is 6.96. The number of hydrogen-bond donors (Lipinski definition) is 1. The summed E-state index contributed by atoms with van der Waals surface area (Å²) < 4.78 is 0. The van der Waals surface area contributed by atoms with Crippen LogP contribution in [0.15, 0.2) is 36.4 Å². The third kappa shape index (κ3) is 4.24. The van der Waals surface area contributed by atoms with Crippen LogP contribution in [0.5, 0.6) is 0 Å². The number of hydrogen-bond acceptors (Lipinski definition) is 3. The van der Waals surface area contributed by atoms with Crippen molar-refractivity contribution in [2.24, 2.45) is 23.2 Å². The molecule has 4 aliphatic carbocycles. The number of rotatable bonds is 7. The van der Waals surface area contributed by atoms with Crippen LogP contribution in [0.1, 0.15) is 70.3 Å². The summed E-state index contributed by atoms with van der Waals surface area (Å²) in [6.45, 7) is 2.21. The fourth-order valence-corrected chi connectivity index (χ4v) is 7.57. The fraction of sp³-hybridized carbons (Fsp3) is 0.536. The molecule has 6 heteroatoms. The van der Waals surface area contributed by atoms with Crippen molar-refractivity contribution in [2.45, 2.75) is 71.1 Å². The molecule has 178 valence electrons.